The number of carbonyl (C=O) groups is 1. The molecule has 94 valence electrons. The molecule has 1 aliphatic heterocycles. The van der Waals surface area contributed by atoms with Crippen molar-refractivity contribution in [3.05, 3.63) is 0 Å². The monoisotopic (exact) mass is 246 g/mol. The average molecular weight is 247 g/mol. The Kier molecular flexibility index (Phi) is 5.56. The summed E-state index contributed by atoms with van der Waals surface area (Å²) in [6.07, 6.45) is 5.91. The van der Waals surface area contributed by atoms with Crippen LogP contribution in [0.1, 0.15) is 39.0 Å². The van der Waals surface area contributed by atoms with Crippen LogP contribution in [-0.4, -0.2) is 25.0 Å². The maximum absolute atomic E-state index is 11.9. The van der Waals surface area contributed by atoms with E-state index in [0.29, 0.717) is 12.0 Å². The van der Waals surface area contributed by atoms with Gasteiger partial charge < -0.3 is 10.6 Å². The minimum absolute atomic E-state index is 0. The molecule has 2 aliphatic rings. The van der Waals surface area contributed by atoms with Crippen molar-refractivity contribution in [2.24, 2.45) is 11.8 Å². The maximum Gasteiger partial charge on any atom is 0.224 e. The lowest BCUT2D eigenvalue weighted by Gasteiger charge is -2.25. The molecule has 16 heavy (non-hydrogen) atoms. The van der Waals surface area contributed by atoms with Gasteiger partial charge in [0.1, 0.15) is 0 Å². The van der Waals surface area contributed by atoms with E-state index in [1.165, 1.54) is 19.3 Å². The molecule has 4 heteroatoms. The highest BCUT2D eigenvalue weighted by Crippen LogP contribution is 2.25. The summed E-state index contributed by atoms with van der Waals surface area (Å²) in [5, 5.41) is 6.51. The molecule has 1 aliphatic carbocycles. The molecule has 1 amide bonds. The molecule has 0 radical (unpaired) electrons. The van der Waals surface area contributed by atoms with Crippen LogP contribution < -0.4 is 10.6 Å². The van der Waals surface area contributed by atoms with Crippen LogP contribution in [0.5, 0.6) is 0 Å². The zero-order chi connectivity index (χ0) is 10.7. The van der Waals surface area contributed by atoms with Crippen molar-refractivity contribution in [3.63, 3.8) is 0 Å². The van der Waals surface area contributed by atoms with Crippen LogP contribution in [0.25, 0.3) is 0 Å². The third-order valence-corrected chi connectivity index (χ3v) is 3.86. The van der Waals surface area contributed by atoms with Crippen molar-refractivity contribution in [1.82, 2.24) is 10.6 Å². The van der Waals surface area contributed by atoms with Crippen LogP contribution in [0.2, 0.25) is 0 Å². The van der Waals surface area contributed by atoms with Crippen LogP contribution in [0, 0.1) is 11.8 Å². The Balaban J connectivity index is 0.00000128. The lowest BCUT2D eigenvalue weighted by atomic mass is 9.97. The van der Waals surface area contributed by atoms with Gasteiger partial charge in [-0.2, -0.15) is 0 Å². The molecular weight excluding hydrogens is 224 g/mol. The van der Waals surface area contributed by atoms with E-state index in [4.69, 9.17) is 0 Å². The molecular formula is C12H23ClN2O. The van der Waals surface area contributed by atoms with Gasteiger partial charge in [-0.3, -0.25) is 4.79 Å². The first-order valence-electron chi connectivity index (χ1n) is 6.28. The van der Waals surface area contributed by atoms with Crippen molar-refractivity contribution in [1.29, 1.82) is 0 Å². The van der Waals surface area contributed by atoms with Gasteiger partial charge in [0.2, 0.25) is 5.91 Å². The first kappa shape index (κ1) is 13.8. The summed E-state index contributed by atoms with van der Waals surface area (Å²) in [4.78, 5) is 11.9. The molecule has 0 spiro atoms. The van der Waals surface area contributed by atoms with E-state index in [0.717, 1.165) is 25.9 Å². The Morgan fingerprint density at radius 1 is 1.25 bits per heavy atom. The van der Waals surface area contributed by atoms with Gasteiger partial charge in [-0.05, 0) is 38.1 Å². The fourth-order valence-electron chi connectivity index (χ4n) is 2.74. The molecule has 2 fully saturated rings. The third kappa shape index (κ3) is 3.36. The van der Waals surface area contributed by atoms with E-state index in [2.05, 4.69) is 17.6 Å². The second kappa shape index (κ2) is 6.45. The number of amides is 1. The second-order valence-corrected chi connectivity index (χ2v) is 5.07. The largest absolute Gasteiger partial charge is 0.353 e. The first-order chi connectivity index (χ1) is 7.27. The summed E-state index contributed by atoms with van der Waals surface area (Å²) in [6, 6.07) is 0.444. The molecule has 1 heterocycles. The number of rotatable bonds is 2. The van der Waals surface area contributed by atoms with Gasteiger partial charge in [-0.25, -0.2) is 0 Å². The zero-order valence-electron chi connectivity index (χ0n) is 10.00. The third-order valence-electron chi connectivity index (χ3n) is 3.86. The average Bonchev–Trinajstić information content (AvgIpc) is 2.66. The standard InChI is InChI=1S/C12H22N2O.ClH/c1-9-4-2-6-11(9)14-12(15)10-5-3-7-13-8-10;/h9-11,13H,2-8H2,1H3,(H,14,15);1H. The summed E-state index contributed by atoms with van der Waals surface area (Å²) >= 11 is 0. The molecule has 0 aromatic rings. The lowest BCUT2D eigenvalue weighted by molar-refractivity contribution is -0.126. The number of piperidine rings is 1. The molecule has 0 aromatic heterocycles. The predicted octanol–water partition coefficient (Wildman–Crippen LogP) is 1.71. The first-order valence-corrected chi connectivity index (χ1v) is 6.28. The van der Waals surface area contributed by atoms with Crippen molar-refractivity contribution in [3.8, 4) is 0 Å². The SMILES string of the molecule is CC1CCCC1NC(=O)C1CCCNC1.Cl. The van der Waals surface area contributed by atoms with E-state index in [9.17, 15) is 4.79 Å². The fraction of sp³-hybridized carbons (Fsp3) is 0.917. The number of halogens is 1. The molecule has 2 N–H and O–H groups in total. The van der Waals surface area contributed by atoms with Gasteiger partial charge in [-0.1, -0.05) is 13.3 Å². The topological polar surface area (TPSA) is 41.1 Å². The van der Waals surface area contributed by atoms with Crippen LogP contribution in [0.4, 0.5) is 0 Å². The number of hydrogen-bond acceptors (Lipinski definition) is 2. The summed E-state index contributed by atoms with van der Waals surface area (Å²) in [7, 11) is 0. The summed E-state index contributed by atoms with van der Waals surface area (Å²) in [6.45, 7) is 4.19. The van der Waals surface area contributed by atoms with E-state index in [1.54, 1.807) is 0 Å². The molecule has 1 saturated carbocycles. The highest BCUT2D eigenvalue weighted by Gasteiger charge is 2.28. The molecule has 0 aromatic carbocycles. The lowest BCUT2D eigenvalue weighted by Crippen LogP contribution is -2.45. The normalized spacial score (nSPS) is 34.2. The van der Waals surface area contributed by atoms with Crippen LogP contribution >= 0.6 is 12.4 Å². The highest BCUT2D eigenvalue weighted by molar-refractivity contribution is 5.85. The van der Waals surface area contributed by atoms with E-state index < -0.39 is 0 Å². The Bertz CT molecular complexity index is 229. The van der Waals surface area contributed by atoms with Crippen LogP contribution in [0.3, 0.4) is 0 Å². The number of hydrogen-bond donors (Lipinski definition) is 2. The van der Waals surface area contributed by atoms with Crippen molar-refractivity contribution < 1.29 is 4.79 Å². The highest BCUT2D eigenvalue weighted by atomic mass is 35.5. The van der Waals surface area contributed by atoms with Gasteiger partial charge in [-0.15, -0.1) is 12.4 Å². The molecule has 3 unspecified atom stereocenters. The van der Waals surface area contributed by atoms with Crippen LogP contribution in [-0.2, 0) is 4.79 Å². The van der Waals surface area contributed by atoms with Crippen LogP contribution in [0.15, 0.2) is 0 Å². The number of nitrogens with one attached hydrogen (secondary N) is 2. The van der Waals surface area contributed by atoms with E-state index in [-0.39, 0.29) is 24.2 Å². The molecule has 3 nitrogen and oxygen atoms in total. The summed E-state index contributed by atoms with van der Waals surface area (Å²) < 4.78 is 0. The Morgan fingerprint density at radius 3 is 2.62 bits per heavy atom. The predicted molar refractivity (Wildman–Crippen MR) is 67.8 cm³/mol. The minimum Gasteiger partial charge on any atom is -0.353 e. The van der Waals surface area contributed by atoms with Crippen molar-refractivity contribution >= 4 is 18.3 Å². The molecule has 1 saturated heterocycles. The molecule has 0 bridgehead atoms. The maximum atomic E-state index is 11.9. The Hall–Kier alpha value is -0.280. The zero-order valence-corrected chi connectivity index (χ0v) is 10.8. The van der Waals surface area contributed by atoms with Gasteiger partial charge in [0, 0.05) is 12.6 Å². The summed E-state index contributed by atoms with van der Waals surface area (Å²) in [5.74, 6) is 1.16. The smallest absolute Gasteiger partial charge is 0.224 e. The Morgan fingerprint density at radius 2 is 2.06 bits per heavy atom. The van der Waals surface area contributed by atoms with Gasteiger partial charge >= 0.3 is 0 Å². The van der Waals surface area contributed by atoms with E-state index >= 15 is 0 Å². The second-order valence-electron chi connectivity index (χ2n) is 5.07. The van der Waals surface area contributed by atoms with Gasteiger partial charge in [0.05, 0.1) is 5.92 Å². The molecule has 3 atom stereocenters. The minimum atomic E-state index is 0. The van der Waals surface area contributed by atoms with Gasteiger partial charge in [0.25, 0.3) is 0 Å². The van der Waals surface area contributed by atoms with Crippen molar-refractivity contribution in [2.75, 3.05) is 13.1 Å². The van der Waals surface area contributed by atoms with E-state index in [1.807, 2.05) is 0 Å². The molecule has 2 rings (SSSR count). The summed E-state index contributed by atoms with van der Waals surface area (Å²) in [5.41, 5.74) is 0. The quantitative estimate of drug-likeness (QED) is 0.779. The van der Waals surface area contributed by atoms with Crippen molar-refractivity contribution in [2.45, 2.75) is 45.1 Å². The Labute approximate surface area is 104 Å². The fourth-order valence-corrected chi connectivity index (χ4v) is 2.74. The van der Waals surface area contributed by atoms with Gasteiger partial charge in [0.15, 0.2) is 0 Å². The number of carbonyl (C=O) groups excluding carboxylic acids is 1.